The lowest BCUT2D eigenvalue weighted by Gasteiger charge is -2.34. The predicted molar refractivity (Wildman–Crippen MR) is 139 cm³/mol. The number of ether oxygens (including phenoxy) is 2. The molecular weight excluding hydrogens is 478 g/mol. The minimum absolute atomic E-state index is 0.152. The highest BCUT2D eigenvalue weighted by atomic mass is 32.2. The van der Waals surface area contributed by atoms with Crippen LogP contribution in [-0.2, 0) is 14.8 Å². The Morgan fingerprint density at radius 2 is 1.81 bits per heavy atom. The zero-order valence-electron chi connectivity index (χ0n) is 20.8. The summed E-state index contributed by atoms with van der Waals surface area (Å²) in [4.78, 5) is 11.9. The van der Waals surface area contributed by atoms with Crippen LogP contribution in [0.15, 0.2) is 53.6 Å². The second kappa shape index (κ2) is 10.7. The van der Waals surface area contributed by atoms with Crippen molar-refractivity contribution in [3.05, 3.63) is 48.7 Å². The summed E-state index contributed by atoms with van der Waals surface area (Å²) in [5, 5.41) is 4.06. The number of fused-ring (bicyclic) bond motifs is 1. The zero-order valence-corrected chi connectivity index (χ0v) is 21.6. The van der Waals surface area contributed by atoms with Gasteiger partial charge in [0.2, 0.25) is 16.0 Å². The molecule has 0 amide bonds. The van der Waals surface area contributed by atoms with E-state index in [0.717, 1.165) is 42.6 Å². The zero-order chi connectivity index (χ0) is 25.1. The average Bonchev–Trinajstić information content (AvgIpc) is 2.90. The molecule has 36 heavy (non-hydrogen) atoms. The van der Waals surface area contributed by atoms with Gasteiger partial charge in [0.15, 0.2) is 0 Å². The first kappa shape index (κ1) is 24.9. The summed E-state index contributed by atoms with van der Waals surface area (Å²) in [5.74, 6) is 1.12. The van der Waals surface area contributed by atoms with E-state index in [4.69, 9.17) is 14.5 Å². The maximum atomic E-state index is 13.0. The molecule has 2 saturated heterocycles. The SMILES string of the molecule is CC(C)N1CCC(Oc2cccc3cnc(Nc4cccc(S(=O)(=O)N5CCOCC5)c4)nc23)CC1. The van der Waals surface area contributed by atoms with Crippen LogP contribution in [-0.4, -0.2) is 79.1 Å². The lowest BCUT2D eigenvalue weighted by molar-refractivity contribution is 0.0730. The minimum Gasteiger partial charge on any atom is -0.488 e. The number of rotatable bonds is 7. The number of morpholine rings is 1. The molecule has 1 N–H and O–H groups in total. The number of nitrogens with zero attached hydrogens (tertiary/aromatic N) is 4. The number of piperidine rings is 1. The molecule has 1 aromatic heterocycles. The quantitative estimate of drug-likeness (QED) is 0.514. The van der Waals surface area contributed by atoms with Crippen molar-refractivity contribution in [2.24, 2.45) is 0 Å². The van der Waals surface area contributed by atoms with Gasteiger partial charge in [-0.1, -0.05) is 18.2 Å². The third-order valence-corrected chi connectivity index (χ3v) is 8.67. The average molecular weight is 512 g/mol. The Labute approximate surface area is 212 Å². The van der Waals surface area contributed by atoms with Crippen LogP contribution in [0.25, 0.3) is 10.9 Å². The lowest BCUT2D eigenvalue weighted by Crippen LogP contribution is -2.41. The molecule has 2 aliphatic rings. The number of hydrogen-bond donors (Lipinski definition) is 1. The van der Waals surface area contributed by atoms with E-state index < -0.39 is 10.0 Å². The largest absolute Gasteiger partial charge is 0.488 e. The topological polar surface area (TPSA) is 96.9 Å². The molecule has 0 radical (unpaired) electrons. The van der Waals surface area contributed by atoms with Crippen molar-refractivity contribution in [1.82, 2.24) is 19.2 Å². The summed E-state index contributed by atoms with van der Waals surface area (Å²) in [6.07, 6.45) is 3.87. The molecule has 2 aromatic carbocycles. The van der Waals surface area contributed by atoms with Crippen LogP contribution in [0.1, 0.15) is 26.7 Å². The van der Waals surface area contributed by atoms with Crippen LogP contribution in [0.2, 0.25) is 0 Å². The molecule has 2 fully saturated rings. The minimum atomic E-state index is -3.59. The number of sulfonamides is 1. The van der Waals surface area contributed by atoms with Crippen LogP contribution in [0, 0.1) is 0 Å². The standard InChI is InChI=1S/C26H33N5O4S/c1-19(2)30-11-9-22(10-12-30)35-24-8-3-5-20-18-27-26(29-25(20)24)28-21-6-4-7-23(17-21)36(32,33)31-13-15-34-16-14-31/h3-8,17-19,22H,9-16H2,1-2H3,(H,27,28,29). The summed E-state index contributed by atoms with van der Waals surface area (Å²) < 4.78 is 39.2. The maximum Gasteiger partial charge on any atom is 0.243 e. The van der Waals surface area contributed by atoms with E-state index in [1.165, 1.54) is 4.31 Å². The van der Waals surface area contributed by atoms with Crippen LogP contribution in [0.5, 0.6) is 5.75 Å². The van der Waals surface area contributed by atoms with Gasteiger partial charge in [-0.3, -0.25) is 0 Å². The van der Waals surface area contributed by atoms with Crippen molar-refractivity contribution in [1.29, 1.82) is 0 Å². The number of nitrogens with one attached hydrogen (secondary N) is 1. The molecule has 10 heteroatoms. The van der Waals surface area contributed by atoms with E-state index >= 15 is 0 Å². The summed E-state index contributed by atoms with van der Waals surface area (Å²) >= 11 is 0. The van der Waals surface area contributed by atoms with Gasteiger partial charge >= 0.3 is 0 Å². The predicted octanol–water partition coefficient (Wildman–Crippen LogP) is 3.65. The second-order valence-corrected chi connectivity index (χ2v) is 11.4. The van der Waals surface area contributed by atoms with E-state index in [1.807, 2.05) is 18.2 Å². The van der Waals surface area contributed by atoms with Crippen LogP contribution in [0.4, 0.5) is 11.6 Å². The van der Waals surface area contributed by atoms with Gasteiger partial charge in [0.25, 0.3) is 0 Å². The third kappa shape index (κ3) is 5.46. The van der Waals surface area contributed by atoms with Gasteiger partial charge < -0.3 is 19.7 Å². The fourth-order valence-electron chi connectivity index (χ4n) is 4.67. The number of para-hydroxylation sites is 1. The van der Waals surface area contributed by atoms with Gasteiger partial charge in [-0.25, -0.2) is 18.4 Å². The van der Waals surface area contributed by atoms with E-state index in [2.05, 4.69) is 29.0 Å². The van der Waals surface area contributed by atoms with E-state index in [1.54, 1.807) is 30.5 Å². The summed E-state index contributed by atoms with van der Waals surface area (Å²) in [6, 6.07) is 13.2. The Balaban J connectivity index is 1.34. The highest BCUT2D eigenvalue weighted by Crippen LogP contribution is 2.29. The third-order valence-electron chi connectivity index (χ3n) is 6.77. The van der Waals surface area contributed by atoms with Crippen molar-refractivity contribution in [2.45, 2.75) is 43.7 Å². The van der Waals surface area contributed by atoms with Crippen LogP contribution in [0.3, 0.4) is 0 Å². The Hall–Kier alpha value is -2.79. The molecule has 9 nitrogen and oxygen atoms in total. The molecule has 192 valence electrons. The van der Waals surface area contributed by atoms with Crippen LogP contribution >= 0.6 is 0 Å². The van der Waals surface area contributed by atoms with E-state index in [9.17, 15) is 8.42 Å². The van der Waals surface area contributed by atoms with Gasteiger partial charge in [-0.15, -0.1) is 0 Å². The molecule has 0 atom stereocenters. The molecule has 3 heterocycles. The molecule has 5 rings (SSSR count). The van der Waals surface area contributed by atoms with Gasteiger partial charge in [0, 0.05) is 49.5 Å². The first-order valence-corrected chi connectivity index (χ1v) is 14.0. The molecule has 0 spiro atoms. The molecule has 3 aromatic rings. The highest BCUT2D eigenvalue weighted by molar-refractivity contribution is 7.89. The fraction of sp³-hybridized carbons (Fsp3) is 0.462. The Kier molecular flexibility index (Phi) is 7.38. The van der Waals surface area contributed by atoms with Crippen molar-refractivity contribution in [3.8, 4) is 5.75 Å². The van der Waals surface area contributed by atoms with Crippen molar-refractivity contribution >= 4 is 32.6 Å². The van der Waals surface area contributed by atoms with Crippen molar-refractivity contribution < 1.29 is 17.9 Å². The number of anilines is 2. The summed E-state index contributed by atoms with van der Waals surface area (Å²) in [6.45, 7) is 8.03. The molecule has 0 saturated carbocycles. The van der Waals surface area contributed by atoms with Gasteiger partial charge in [-0.05, 0) is 51.0 Å². The summed E-state index contributed by atoms with van der Waals surface area (Å²) in [7, 11) is -3.59. The molecule has 2 aliphatic heterocycles. The molecular formula is C26H33N5O4S. The van der Waals surface area contributed by atoms with Gasteiger partial charge in [-0.2, -0.15) is 4.31 Å². The smallest absolute Gasteiger partial charge is 0.243 e. The fourth-order valence-corrected chi connectivity index (χ4v) is 6.13. The number of aromatic nitrogens is 2. The van der Waals surface area contributed by atoms with Crippen LogP contribution < -0.4 is 10.1 Å². The Morgan fingerprint density at radius 1 is 1.06 bits per heavy atom. The molecule has 0 bridgehead atoms. The van der Waals surface area contributed by atoms with E-state index in [-0.39, 0.29) is 11.0 Å². The normalized spacial score (nSPS) is 18.5. The molecule has 0 aliphatic carbocycles. The summed E-state index contributed by atoms with van der Waals surface area (Å²) in [5.41, 5.74) is 1.33. The highest BCUT2D eigenvalue weighted by Gasteiger charge is 2.26. The Morgan fingerprint density at radius 3 is 2.56 bits per heavy atom. The van der Waals surface area contributed by atoms with Gasteiger partial charge in [0.05, 0.1) is 18.1 Å². The van der Waals surface area contributed by atoms with E-state index in [0.29, 0.717) is 44.0 Å². The molecule has 0 unspecified atom stereocenters. The Bertz CT molecular complexity index is 1300. The van der Waals surface area contributed by atoms with Crippen molar-refractivity contribution in [3.63, 3.8) is 0 Å². The second-order valence-electron chi connectivity index (χ2n) is 9.50. The lowest BCUT2D eigenvalue weighted by atomic mass is 10.1. The first-order valence-electron chi connectivity index (χ1n) is 12.5. The number of hydrogen-bond acceptors (Lipinski definition) is 8. The maximum absolute atomic E-state index is 13.0. The number of likely N-dealkylation sites (tertiary alicyclic amines) is 1. The van der Waals surface area contributed by atoms with Crippen molar-refractivity contribution in [2.75, 3.05) is 44.7 Å². The monoisotopic (exact) mass is 511 g/mol. The van der Waals surface area contributed by atoms with Gasteiger partial charge in [0.1, 0.15) is 17.4 Å². The first-order chi connectivity index (χ1) is 17.4. The number of benzene rings is 2.